The number of carboxylic acid groups (broad SMARTS) is 1. The van der Waals surface area contributed by atoms with Crippen LogP contribution in [0.3, 0.4) is 0 Å². The van der Waals surface area contributed by atoms with E-state index in [1.165, 1.54) is 30.6 Å². The zero-order valence-electron chi connectivity index (χ0n) is 13.0. The summed E-state index contributed by atoms with van der Waals surface area (Å²) in [6.07, 6.45) is 2.56. The van der Waals surface area contributed by atoms with Gasteiger partial charge in [0.1, 0.15) is 11.4 Å². The minimum absolute atomic E-state index is 0.0566. The molecule has 0 spiro atoms. The van der Waals surface area contributed by atoms with Crippen molar-refractivity contribution in [1.82, 2.24) is 20.1 Å². The molecule has 0 aliphatic rings. The van der Waals surface area contributed by atoms with E-state index in [4.69, 9.17) is 26.0 Å². The summed E-state index contributed by atoms with van der Waals surface area (Å²) in [6, 6.07) is 4.03. The summed E-state index contributed by atoms with van der Waals surface area (Å²) in [4.78, 5) is 22.6. The molecule has 3 aromatic rings. The lowest BCUT2D eigenvalue weighted by atomic mass is 10.2. The summed E-state index contributed by atoms with van der Waals surface area (Å²) in [5.74, 6) is -1.72. The van der Waals surface area contributed by atoms with Crippen molar-refractivity contribution in [3.05, 3.63) is 59.5 Å². The van der Waals surface area contributed by atoms with Crippen molar-refractivity contribution in [3.8, 4) is 23.1 Å². The zero-order valence-corrected chi connectivity index (χ0v) is 13.8. The van der Waals surface area contributed by atoms with Gasteiger partial charge in [-0.05, 0) is 12.1 Å². The highest BCUT2D eigenvalue weighted by molar-refractivity contribution is 6.33. The summed E-state index contributed by atoms with van der Waals surface area (Å²) in [5.41, 5.74) is 0.0943. The molecule has 0 unspecified atom stereocenters. The van der Waals surface area contributed by atoms with Crippen LogP contribution in [0.2, 0.25) is 5.02 Å². The largest absolute Gasteiger partial charge is 0.478 e. The maximum Gasteiger partial charge on any atom is 0.331 e. The maximum absolute atomic E-state index is 13.6. The Kier molecular flexibility index (Phi) is 4.90. The van der Waals surface area contributed by atoms with Gasteiger partial charge in [-0.15, -0.1) is 0 Å². The number of carboxylic acids is 1. The van der Waals surface area contributed by atoms with Crippen molar-refractivity contribution in [2.24, 2.45) is 0 Å². The van der Waals surface area contributed by atoms with E-state index in [1.807, 2.05) is 0 Å². The Bertz CT molecular complexity index is 992. The molecule has 26 heavy (non-hydrogen) atoms. The second-order valence-corrected chi connectivity index (χ2v) is 5.40. The van der Waals surface area contributed by atoms with Crippen LogP contribution in [0.1, 0.15) is 5.89 Å². The molecule has 0 aliphatic heterocycles. The molecule has 8 nitrogen and oxygen atoms in total. The monoisotopic (exact) mass is 376 g/mol. The number of pyridine rings is 2. The SMILES string of the molecule is C=C(Cc1nc(-c2ncc(Oc3ncccc3F)cc2Cl)no1)C(=O)O. The number of halogens is 2. The third kappa shape index (κ3) is 3.83. The van der Waals surface area contributed by atoms with Crippen molar-refractivity contribution < 1.29 is 23.6 Å². The van der Waals surface area contributed by atoms with E-state index in [1.54, 1.807) is 0 Å². The molecule has 0 saturated heterocycles. The molecule has 0 atom stereocenters. The minimum Gasteiger partial charge on any atom is -0.478 e. The van der Waals surface area contributed by atoms with Gasteiger partial charge >= 0.3 is 5.97 Å². The van der Waals surface area contributed by atoms with Crippen molar-refractivity contribution >= 4 is 17.6 Å². The Labute approximate surface area is 150 Å². The third-order valence-corrected chi connectivity index (χ3v) is 3.39. The first-order valence-electron chi connectivity index (χ1n) is 7.12. The Morgan fingerprint density at radius 3 is 2.92 bits per heavy atom. The van der Waals surface area contributed by atoms with Gasteiger partial charge in [0.2, 0.25) is 11.7 Å². The van der Waals surface area contributed by atoms with Gasteiger partial charge in [-0.25, -0.2) is 19.2 Å². The highest BCUT2D eigenvalue weighted by Gasteiger charge is 2.17. The summed E-state index contributed by atoms with van der Waals surface area (Å²) in [5, 5.41) is 12.6. The second kappa shape index (κ2) is 7.28. The average Bonchev–Trinajstić information content (AvgIpc) is 3.05. The molecule has 3 aromatic heterocycles. The fraction of sp³-hybridized carbons (Fsp3) is 0.0625. The molecule has 0 aromatic carbocycles. The quantitative estimate of drug-likeness (QED) is 0.652. The van der Waals surface area contributed by atoms with Gasteiger partial charge in [-0.1, -0.05) is 23.3 Å². The Balaban J connectivity index is 1.80. The number of nitrogens with zero attached hydrogens (tertiary/aromatic N) is 4. The predicted octanol–water partition coefficient (Wildman–Crippen LogP) is 3.29. The van der Waals surface area contributed by atoms with Gasteiger partial charge in [-0.2, -0.15) is 4.98 Å². The highest BCUT2D eigenvalue weighted by Crippen LogP contribution is 2.29. The van der Waals surface area contributed by atoms with Crippen molar-refractivity contribution in [1.29, 1.82) is 0 Å². The van der Waals surface area contributed by atoms with E-state index in [9.17, 15) is 9.18 Å². The number of aliphatic carboxylic acids is 1. The van der Waals surface area contributed by atoms with Crippen molar-refractivity contribution in [2.75, 3.05) is 0 Å². The van der Waals surface area contributed by atoms with Crippen LogP contribution in [0.15, 0.2) is 47.3 Å². The Morgan fingerprint density at radius 1 is 1.42 bits per heavy atom. The van der Waals surface area contributed by atoms with Crippen LogP contribution >= 0.6 is 11.6 Å². The molecular formula is C16H10ClFN4O4. The lowest BCUT2D eigenvalue weighted by Gasteiger charge is -2.06. The molecule has 0 saturated carbocycles. The van der Waals surface area contributed by atoms with Gasteiger partial charge in [0, 0.05) is 17.8 Å². The zero-order chi connectivity index (χ0) is 18.7. The summed E-state index contributed by atoms with van der Waals surface area (Å²) in [6.45, 7) is 3.39. The summed E-state index contributed by atoms with van der Waals surface area (Å²) in [7, 11) is 0. The molecule has 132 valence electrons. The first-order chi connectivity index (χ1) is 12.4. The van der Waals surface area contributed by atoms with Crippen LogP contribution in [-0.4, -0.2) is 31.2 Å². The number of hydrogen-bond donors (Lipinski definition) is 1. The highest BCUT2D eigenvalue weighted by atomic mass is 35.5. The van der Waals surface area contributed by atoms with Gasteiger partial charge in [0.25, 0.3) is 5.88 Å². The molecule has 1 N–H and O–H groups in total. The normalized spacial score (nSPS) is 10.5. The fourth-order valence-corrected chi connectivity index (χ4v) is 2.12. The minimum atomic E-state index is -1.16. The second-order valence-electron chi connectivity index (χ2n) is 4.99. The van der Waals surface area contributed by atoms with Crippen LogP contribution in [0.4, 0.5) is 4.39 Å². The molecular weight excluding hydrogens is 367 g/mol. The Hall–Kier alpha value is -3.33. The first kappa shape index (κ1) is 17.5. The van der Waals surface area contributed by atoms with E-state index in [0.717, 1.165) is 0 Å². The maximum atomic E-state index is 13.6. The molecule has 0 bridgehead atoms. The van der Waals surface area contributed by atoms with Crippen LogP contribution in [0, 0.1) is 5.82 Å². The summed E-state index contributed by atoms with van der Waals surface area (Å²) < 4.78 is 23.8. The van der Waals surface area contributed by atoms with Crippen LogP contribution in [0.5, 0.6) is 11.6 Å². The van der Waals surface area contributed by atoms with Crippen molar-refractivity contribution in [2.45, 2.75) is 6.42 Å². The molecule has 3 rings (SSSR count). The van der Waals surface area contributed by atoms with E-state index in [-0.39, 0.29) is 46.1 Å². The molecule has 3 heterocycles. The van der Waals surface area contributed by atoms with Crippen LogP contribution < -0.4 is 4.74 Å². The van der Waals surface area contributed by atoms with E-state index in [2.05, 4.69) is 26.7 Å². The Morgan fingerprint density at radius 2 is 2.23 bits per heavy atom. The lowest BCUT2D eigenvalue weighted by Crippen LogP contribution is -2.02. The topological polar surface area (TPSA) is 111 Å². The predicted molar refractivity (Wildman–Crippen MR) is 87.3 cm³/mol. The molecule has 10 heteroatoms. The van der Waals surface area contributed by atoms with Gasteiger partial charge in [-0.3, -0.25) is 0 Å². The van der Waals surface area contributed by atoms with E-state index < -0.39 is 11.8 Å². The summed E-state index contributed by atoms with van der Waals surface area (Å²) >= 11 is 6.15. The van der Waals surface area contributed by atoms with E-state index >= 15 is 0 Å². The number of ether oxygens (including phenoxy) is 1. The molecule has 0 fully saturated rings. The van der Waals surface area contributed by atoms with E-state index in [0.29, 0.717) is 0 Å². The number of hydrogen-bond acceptors (Lipinski definition) is 7. The van der Waals surface area contributed by atoms with Crippen LogP contribution in [0.25, 0.3) is 11.5 Å². The van der Waals surface area contributed by atoms with Gasteiger partial charge in [0.15, 0.2) is 5.82 Å². The standard InChI is InChI=1S/C16H10ClFN4O4/c1-8(16(23)24)5-12-21-14(22-26-12)13-10(17)6-9(7-20-13)25-15-11(18)3-2-4-19-15/h2-4,6-7H,1,5H2,(H,23,24). The lowest BCUT2D eigenvalue weighted by molar-refractivity contribution is -0.132. The molecule has 0 aliphatic carbocycles. The first-order valence-corrected chi connectivity index (χ1v) is 7.50. The number of aromatic nitrogens is 4. The van der Waals surface area contributed by atoms with Crippen molar-refractivity contribution in [3.63, 3.8) is 0 Å². The fourth-order valence-electron chi connectivity index (χ4n) is 1.88. The van der Waals surface area contributed by atoms with Gasteiger partial charge in [0.05, 0.1) is 17.6 Å². The number of carbonyl (C=O) groups is 1. The van der Waals surface area contributed by atoms with Crippen LogP contribution in [-0.2, 0) is 11.2 Å². The molecule has 0 radical (unpaired) electrons. The smallest absolute Gasteiger partial charge is 0.331 e. The molecule has 0 amide bonds. The third-order valence-electron chi connectivity index (χ3n) is 3.10. The van der Waals surface area contributed by atoms with Gasteiger partial charge < -0.3 is 14.4 Å². The number of rotatable bonds is 6. The average molecular weight is 377 g/mol.